The van der Waals surface area contributed by atoms with E-state index >= 15 is 0 Å². The van der Waals surface area contributed by atoms with Gasteiger partial charge in [-0.05, 0) is 6.07 Å². The highest BCUT2D eigenvalue weighted by atomic mass is 19.4. The van der Waals surface area contributed by atoms with Crippen molar-refractivity contribution < 1.29 is 22.8 Å². The fraction of sp³-hybridized carbons (Fsp3) is 0.333. The number of nitrogens with zero attached hydrogens (tertiary/aromatic N) is 1. The number of benzene rings is 1. The molecule has 90 valence electrons. The lowest BCUT2D eigenvalue weighted by Gasteiger charge is -2.08. The van der Waals surface area contributed by atoms with Crippen LogP contribution in [0.15, 0.2) is 18.2 Å². The standard InChI is InChI=1S/C8H6F3NO3.CH4/c1-15-7-3-5(8(9,10)11)2-6(4-7)12(13)14;/h2-4H,1H3;1H4. The van der Waals surface area contributed by atoms with Gasteiger partial charge in [-0.2, -0.15) is 13.2 Å². The molecule has 0 heterocycles. The maximum Gasteiger partial charge on any atom is 0.416 e. The van der Waals surface area contributed by atoms with Crippen molar-refractivity contribution in [2.75, 3.05) is 7.11 Å². The van der Waals surface area contributed by atoms with E-state index in [0.717, 1.165) is 13.2 Å². The zero-order chi connectivity index (χ0) is 11.6. The lowest BCUT2D eigenvalue weighted by Crippen LogP contribution is -2.06. The molecule has 0 saturated carbocycles. The van der Waals surface area contributed by atoms with Crippen LogP contribution < -0.4 is 4.74 Å². The maximum absolute atomic E-state index is 12.3. The van der Waals surface area contributed by atoms with Gasteiger partial charge in [-0.1, -0.05) is 7.43 Å². The number of alkyl halides is 3. The summed E-state index contributed by atoms with van der Waals surface area (Å²) in [5.41, 5.74) is -1.75. The quantitative estimate of drug-likeness (QED) is 0.586. The lowest BCUT2D eigenvalue weighted by atomic mass is 10.2. The first-order chi connectivity index (χ1) is 6.84. The van der Waals surface area contributed by atoms with Crippen LogP contribution in [0.2, 0.25) is 0 Å². The van der Waals surface area contributed by atoms with Crippen LogP contribution in [0, 0.1) is 10.1 Å². The molecule has 0 aliphatic rings. The first-order valence-corrected chi connectivity index (χ1v) is 3.75. The molecule has 0 N–H and O–H groups in total. The van der Waals surface area contributed by atoms with Gasteiger partial charge >= 0.3 is 6.18 Å². The average Bonchev–Trinajstić information content (AvgIpc) is 2.15. The zero-order valence-electron chi connectivity index (χ0n) is 7.54. The molecule has 0 saturated heterocycles. The molecule has 0 aliphatic heterocycles. The molecule has 4 nitrogen and oxygen atoms in total. The smallest absolute Gasteiger partial charge is 0.416 e. The molecule has 0 aliphatic carbocycles. The first kappa shape index (κ1) is 14.2. The van der Waals surface area contributed by atoms with E-state index in [1.54, 1.807) is 0 Å². The summed E-state index contributed by atoms with van der Waals surface area (Å²) in [5, 5.41) is 10.3. The largest absolute Gasteiger partial charge is 0.496 e. The third-order valence-corrected chi connectivity index (χ3v) is 1.67. The molecule has 1 rings (SSSR count). The summed E-state index contributed by atoms with van der Waals surface area (Å²) < 4.78 is 41.3. The van der Waals surface area contributed by atoms with E-state index < -0.39 is 22.4 Å². The summed E-state index contributed by atoms with van der Waals surface area (Å²) in [4.78, 5) is 9.43. The Balaban J connectivity index is 0.00000225. The molecule has 0 atom stereocenters. The van der Waals surface area contributed by atoms with Gasteiger partial charge in [-0.3, -0.25) is 10.1 Å². The molecule has 0 bridgehead atoms. The number of nitro groups is 1. The Morgan fingerprint density at radius 1 is 1.31 bits per heavy atom. The molecule has 0 aromatic heterocycles. The molecule has 0 spiro atoms. The van der Waals surface area contributed by atoms with Crippen molar-refractivity contribution in [2.45, 2.75) is 13.6 Å². The number of nitro benzene ring substituents is 1. The second-order valence-electron chi connectivity index (χ2n) is 2.67. The van der Waals surface area contributed by atoms with Gasteiger partial charge in [0.05, 0.1) is 23.7 Å². The van der Waals surface area contributed by atoms with E-state index in [9.17, 15) is 23.3 Å². The van der Waals surface area contributed by atoms with Crippen LogP contribution in [-0.4, -0.2) is 12.0 Å². The third kappa shape index (κ3) is 3.11. The van der Waals surface area contributed by atoms with Gasteiger partial charge in [0.1, 0.15) is 5.75 Å². The van der Waals surface area contributed by atoms with Gasteiger partial charge in [0.25, 0.3) is 5.69 Å². The topological polar surface area (TPSA) is 52.4 Å². The summed E-state index contributed by atoms with van der Waals surface area (Å²) in [6.07, 6.45) is -4.63. The van der Waals surface area contributed by atoms with Gasteiger partial charge in [-0.15, -0.1) is 0 Å². The highest BCUT2D eigenvalue weighted by molar-refractivity contribution is 5.43. The van der Waals surface area contributed by atoms with Crippen molar-refractivity contribution in [3.05, 3.63) is 33.9 Å². The molecular formula is C9H10F3NO3. The number of ether oxygens (including phenoxy) is 1. The van der Waals surface area contributed by atoms with Crippen molar-refractivity contribution in [3.63, 3.8) is 0 Å². The Morgan fingerprint density at radius 3 is 2.25 bits per heavy atom. The highest BCUT2D eigenvalue weighted by Crippen LogP contribution is 2.34. The summed E-state index contributed by atoms with van der Waals surface area (Å²) in [5.74, 6) is -0.198. The summed E-state index contributed by atoms with van der Waals surface area (Å²) >= 11 is 0. The third-order valence-electron chi connectivity index (χ3n) is 1.67. The van der Waals surface area contributed by atoms with E-state index in [1.165, 1.54) is 0 Å². The average molecular weight is 237 g/mol. The predicted octanol–water partition coefficient (Wildman–Crippen LogP) is 3.26. The summed E-state index contributed by atoms with van der Waals surface area (Å²) in [7, 11) is 1.14. The van der Waals surface area contributed by atoms with Crippen LogP contribution in [-0.2, 0) is 6.18 Å². The first-order valence-electron chi connectivity index (χ1n) is 3.75. The Labute approximate surface area is 89.8 Å². The van der Waals surface area contributed by atoms with Crippen molar-refractivity contribution >= 4 is 5.69 Å². The molecule has 16 heavy (non-hydrogen) atoms. The second kappa shape index (κ2) is 4.82. The molecule has 0 amide bonds. The lowest BCUT2D eigenvalue weighted by molar-refractivity contribution is -0.385. The number of hydrogen-bond acceptors (Lipinski definition) is 3. The van der Waals surface area contributed by atoms with E-state index in [2.05, 4.69) is 4.74 Å². The molecule has 1 aromatic rings. The van der Waals surface area contributed by atoms with Crippen molar-refractivity contribution in [1.29, 1.82) is 0 Å². The number of non-ortho nitro benzene ring substituents is 1. The van der Waals surface area contributed by atoms with Crippen LogP contribution in [0.4, 0.5) is 18.9 Å². The van der Waals surface area contributed by atoms with Crippen molar-refractivity contribution in [1.82, 2.24) is 0 Å². The van der Waals surface area contributed by atoms with Crippen LogP contribution in [0.25, 0.3) is 0 Å². The summed E-state index contributed by atoms with van der Waals surface area (Å²) in [6.45, 7) is 0. The van der Waals surface area contributed by atoms with Crippen LogP contribution in [0.1, 0.15) is 13.0 Å². The summed E-state index contributed by atoms with van der Waals surface area (Å²) in [6, 6.07) is 2.09. The minimum atomic E-state index is -4.63. The predicted molar refractivity (Wildman–Crippen MR) is 51.4 cm³/mol. The SMILES string of the molecule is C.COc1cc([N+](=O)[O-])cc(C(F)(F)F)c1. The Kier molecular flexibility index (Phi) is 4.28. The molecule has 0 fully saturated rings. The minimum Gasteiger partial charge on any atom is -0.496 e. The fourth-order valence-electron chi connectivity index (χ4n) is 0.970. The monoisotopic (exact) mass is 237 g/mol. The van der Waals surface area contributed by atoms with Crippen LogP contribution in [0.5, 0.6) is 5.75 Å². The normalized spacial score (nSPS) is 10.5. The Hall–Kier alpha value is -1.79. The van der Waals surface area contributed by atoms with Crippen LogP contribution in [0.3, 0.4) is 0 Å². The number of methoxy groups -OCH3 is 1. The number of halogens is 3. The number of hydrogen-bond donors (Lipinski definition) is 0. The van der Waals surface area contributed by atoms with E-state index in [1.807, 2.05) is 0 Å². The molecular weight excluding hydrogens is 227 g/mol. The van der Waals surface area contributed by atoms with Gasteiger partial charge in [0.2, 0.25) is 0 Å². The zero-order valence-corrected chi connectivity index (χ0v) is 7.54. The number of rotatable bonds is 2. The van der Waals surface area contributed by atoms with E-state index in [0.29, 0.717) is 12.1 Å². The Morgan fingerprint density at radius 2 is 1.88 bits per heavy atom. The molecule has 0 unspecified atom stereocenters. The van der Waals surface area contributed by atoms with Gasteiger partial charge in [0.15, 0.2) is 0 Å². The molecule has 7 heteroatoms. The second-order valence-corrected chi connectivity index (χ2v) is 2.67. The molecule has 1 aromatic carbocycles. The van der Waals surface area contributed by atoms with Gasteiger partial charge < -0.3 is 4.74 Å². The maximum atomic E-state index is 12.3. The fourth-order valence-corrected chi connectivity index (χ4v) is 0.970. The van der Waals surface area contributed by atoms with Gasteiger partial charge in [-0.25, -0.2) is 0 Å². The van der Waals surface area contributed by atoms with Gasteiger partial charge in [0, 0.05) is 6.07 Å². The Bertz CT molecular complexity index is 390. The van der Waals surface area contributed by atoms with Crippen molar-refractivity contribution in [2.24, 2.45) is 0 Å². The minimum absolute atomic E-state index is 0. The molecule has 0 radical (unpaired) electrons. The highest BCUT2D eigenvalue weighted by Gasteiger charge is 2.32. The van der Waals surface area contributed by atoms with Crippen LogP contribution >= 0.6 is 0 Å². The van der Waals surface area contributed by atoms with E-state index in [4.69, 9.17) is 0 Å². The van der Waals surface area contributed by atoms with Crippen molar-refractivity contribution in [3.8, 4) is 5.75 Å². The van der Waals surface area contributed by atoms with E-state index in [-0.39, 0.29) is 13.2 Å².